The largest absolute Gasteiger partial charge is 0.477 e. The van der Waals surface area contributed by atoms with Crippen LogP contribution in [-0.4, -0.2) is 42.6 Å². The summed E-state index contributed by atoms with van der Waals surface area (Å²) in [6.07, 6.45) is 4.47. The van der Waals surface area contributed by atoms with E-state index in [1.807, 2.05) is 32.0 Å². The quantitative estimate of drug-likeness (QED) is 0.746. The van der Waals surface area contributed by atoms with Crippen LogP contribution >= 0.6 is 0 Å². The first-order chi connectivity index (χ1) is 12.7. The first-order valence-corrected chi connectivity index (χ1v) is 9.14. The molecule has 138 valence electrons. The molecule has 0 atom stereocenters. The zero-order chi connectivity index (χ0) is 18.4. The van der Waals surface area contributed by atoms with Gasteiger partial charge in [-0.25, -0.2) is 4.98 Å². The highest BCUT2D eigenvalue weighted by Crippen LogP contribution is 2.36. The van der Waals surface area contributed by atoms with Gasteiger partial charge in [0.05, 0.1) is 17.9 Å². The predicted octanol–water partition coefficient (Wildman–Crippen LogP) is 2.22. The van der Waals surface area contributed by atoms with Gasteiger partial charge in [0, 0.05) is 23.9 Å². The molecule has 6 heteroatoms. The van der Waals surface area contributed by atoms with Crippen LogP contribution in [0, 0.1) is 6.92 Å². The van der Waals surface area contributed by atoms with Crippen LogP contribution in [0.4, 0.5) is 0 Å². The van der Waals surface area contributed by atoms with Crippen LogP contribution < -0.4 is 15.4 Å². The first kappa shape index (κ1) is 18.3. The predicted molar refractivity (Wildman–Crippen MR) is 101 cm³/mol. The Morgan fingerprint density at radius 2 is 2.12 bits per heavy atom. The molecule has 0 unspecified atom stereocenters. The summed E-state index contributed by atoms with van der Waals surface area (Å²) < 4.78 is 5.64. The molecule has 0 saturated carbocycles. The van der Waals surface area contributed by atoms with Crippen molar-refractivity contribution in [3.63, 3.8) is 0 Å². The van der Waals surface area contributed by atoms with Crippen LogP contribution in [0.3, 0.4) is 0 Å². The molecular weight excluding hydrogens is 328 g/mol. The molecule has 3 heterocycles. The number of nitrogens with one attached hydrogen (secondary N) is 2. The van der Waals surface area contributed by atoms with Crippen molar-refractivity contribution in [3.05, 3.63) is 41.7 Å². The van der Waals surface area contributed by atoms with Crippen molar-refractivity contribution in [1.29, 1.82) is 0 Å². The molecule has 1 amide bonds. The second-order valence-electron chi connectivity index (χ2n) is 6.65. The number of piperidine rings is 1. The maximum atomic E-state index is 10.9. The van der Waals surface area contributed by atoms with E-state index >= 15 is 0 Å². The highest BCUT2D eigenvalue weighted by molar-refractivity contribution is 5.65. The summed E-state index contributed by atoms with van der Waals surface area (Å²) in [4.78, 5) is 20.1. The molecule has 1 aliphatic rings. The molecular formula is C20H26N4O2. The van der Waals surface area contributed by atoms with E-state index in [2.05, 4.69) is 21.7 Å². The summed E-state index contributed by atoms with van der Waals surface area (Å²) >= 11 is 0. The van der Waals surface area contributed by atoms with Crippen LogP contribution in [0.25, 0.3) is 11.3 Å². The number of hydrogen-bond acceptors (Lipinski definition) is 5. The standard InChI is InChI=1S/C20H26N4O2/c1-3-26-19-16(5-4-10-23-19)18-7-6-17(15(2)24-18)20(13-22-14-25)8-11-21-12-9-20/h4-7,10,14,21H,3,8-9,11-13H2,1-2H3,(H,22,25). The van der Waals surface area contributed by atoms with E-state index in [0.29, 0.717) is 19.0 Å². The number of aromatic nitrogens is 2. The number of nitrogens with zero attached hydrogens (tertiary/aromatic N) is 2. The lowest BCUT2D eigenvalue weighted by atomic mass is 9.72. The van der Waals surface area contributed by atoms with Crippen molar-refractivity contribution in [3.8, 4) is 17.1 Å². The molecule has 6 nitrogen and oxygen atoms in total. The Morgan fingerprint density at radius 3 is 2.81 bits per heavy atom. The van der Waals surface area contributed by atoms with Crippen molar-refractivity contribution in [2.24, 2.45) is 0 Å². The number of aryl methyl sites for hydroxylation is 1. The molecule has 0 bridgehead atoms. The van der Waals surface area contributed by atoms with Gasteiger partial charge in [-0.15, -0.1) is 0 Å². The lowest BCUT2D eigenvalue weighted by Gasteiger charge is -2.38. The molecule has 2 aromatic heterocycles. The van der Waals surface area contributed by atoms with Crippen LogP contribution in [-0.2, 0) is 10.2 Å². The fourth-order valence-electron chi connectivity index (χ4n) is 3.79. The fraction of sp³-hybridized carbons (Fsp3) is 0.450. The van der Waals surface area contributed by atoms with Crippen LogP contribution in [0.2, 0.25) is 0 Å². The van der Waals surface area contributed by atoms with E-state index in [-0.39, 0.29) is 5.41 Å². The van der Waals surface area contributed by atoms with Gasteiger partial charge in [-0.2, -0.15) is 0 Å². The van der Waals surface area contributed by atoms with Crippen LogP contribution in [0.15, 0.2) is 30.5 Å². The first-order valence-electron chi connectivity index (χ1n) is 9.14. The minimum absolute atomic E-state index is 0.0700. The molecule has 0 radical (unpaired) electrons. The minimum atomic E-state index is -0.0700. The minimum Gasteiger partial charge on any atom is -0.477 e. The lowest BCUT2D eigenvalue weighted by Crippen LogP contribution is -2.46. The Labute approximate surface area is 154 Å². The zero-order valence-electron chi connectivity index (χ0n) is 15.4. The summed E-state index contributed by atoms with van der Waals surface area (Å²) in [6.45, 7) is 7.07. The Bertz CT molecular complexity index is 757. The van der Waals surface area contributed by atoms with Crippen molar-refractivity contribution >= 4 is 6.41 Å². The topological polar surface area (TPSA) is 76.1 Å². The highest BCUT2D eigenvalue weighted by atomic mass is 16.5. The third-order valence-electron chi connectivity index (χ3n) is 5.07. The number of pyridine rings is 2. The number of rotatable bonds is 7. The van der Waals surface area contributed by atoms with E-state index in [9.17, 15) is 4.79 Å². The summed E-state index contributed by atoms with van der Waals surface area (Å²) in [7, 11) is 0. The molecule has 0 aliphatic carbocycles. The van der Waals surface area contributed by atoms with Gasteiger partial charge in [0.2, 0.25) is 12.3 Å². The number of carbonyl (C=O) groups excluding carboxylic acids is 1. The van der Waals surface area contributed by atoms with Gasteiger partial charge in [0.15, 0.2) is 0 Å². The monoisotopic (exact) mass is 354 g/mol. The third kappa shape index (κ3) is 3.70. The number of ether oxygens (including phenoxy) is 1. The van der Waals surface area contributed by atoms with E-state index in [1.54, 1.807) is 6.20 Å². The average Bonchev–Trinajstić information content (AvgIpc) is 2.68. The molecule has 2 aromatic rings. The van der Waals surface area contributed by atoms with Gasteiger partial charge in [0.25, 0.3) is 0 Å². The van der Waals surface area contributed by atoms with Crippen molar-refractivity contribution in [1.82, 2.24) is 20.6 Å². The van der Waals surface area contributed by atoms with Crippen molar-refractivity contribution < 1.29 is 9.53 Å². The smallest absolute Gasteiger partial charge is 0.222 e. The Hall–Kier alpha value is -2.47. The van der Waals surface area contributed by atoms with E-state index in [0.717, 1.165) is 49.3 Å². The highest BCUT2D eigenvalue weighted by Gasteiger charge is 2.35. The zero-order valence-corrected chi connectivity index (χ0v) is 15.4. The fourth-order valence-corrected chi connectivity index (χ4v) is 3.79. The lowest BCUT2D eigenvalue weighted by molar-refractivity contribution is -0.109. The number of amides is 1. The summed E-state index contributed by atoms with van der Waals surface area (Å²) in [6, 6.07) is 8.06. The van der Waals surface area contributed by atoms with Crippen molar-refractivity contribution in [2.45, 2.75) is 32.1 Å². The summed E-state index contributed by atoms with van der Waals surface area (Å²) in [5, 5.41) is 6.29. The van der Waals surface area contributed by atoms with Gasteiger partial charge in [-0.1, -0.05) is 6.07 Å². The van der Waals surface area contributed by atoms with E-state index in [4.69, 9.17) is 9.72 Å². The molecule has 3 rings (SSSR count). The van der Waals surface area contributed by atoms with Gasteiger partial charge in [-0.05, 0) is 63.5 Å². The molecule has 1 aliphatic heterocycles. The Kier molecular flexibility index (Phi) is 5.83. The van der Waals surface area contributed by atoms with E-state index < -0.39 is 0 Å². The molecule has 0 spiro atoms. The normalized spacial score (nSPS) is 16.1. The molecule has 0 aromatic carbocycles. The maximum absolute atomic E-state index is 10.9. The average molecular weight is 354 g/mol. The van der Waals surface area contributed by atoms with Gasteiger partial charge in [-0.3, -0.25) is 9.78 Å². The second kappa shape index (κ2) is 8.27. The summed E-state index contributed by atoms with van der Waals surface area (Å²) in [5.74, 6) is 0.605. The molecule has 1 saturated heterocycles. The summed E-state index contributed by atoms with van der Waals surface area (Å²) in [5.41, 5.74) is 3.88. The molecule has 2 N–H and O–H groups in total. The van der Waals surface area contributed by atoms with Crippen molar-refractivity contribution in [2.75, 3.05) is 26.2 Å². The van der Waals surface area contributed by atoms with Gasteiger partial charge < -0.3 is 15.4 Å². The van der Waals surface area contributed by atoms with Crippen LogP contribution in [0.5, 0.6) is 5.88 Å². The Morgan fingerprint density at radius 1 is 1.31 bits per heavy atom. The number of hydrogen-bond donors (Lipinski definition) is 2. The number of carbonyl (C=O) groups is 1. The Balaban J connectivity index is 1.97. The van der Waals surface area contributed by atoms with Gasteiger partial charge >= 0.3 is 0 Å². The SMILES string of the molecule is CCOc1ncccc1-c1ccc(C2(CNC=O)CCNCC2)c(C)n1. The maximum Gasteiger partial charge on any atom is 0.222 e. The van der Waals surface area contributed by atoms with E-state index in [1.165, 1.54) is 5.56 Å². The third-order valence-corrected chi connectivity index (χ3v) is 5.07. The second-order valence-corrected chi connectivity index (χ2v) is 6.65. The van der Waals surface area contributed by atoms with Gasteiger partial charge in [0.1, 0.15) is 0 Å². The molecule has 26 heavy (non-hydrogen) atoms. The molecule has 1 fully saturated rings. The van der Waals surface area contributed by atoms with Crippen LogP contribution in [0.1, 0.15) is 31.0 Å².